The number of rotatable bonds is 5. The average molecular weight is 395 g/mol. The van der Waals surface area contributed by atoms with Crippen LogP contribution in [0.2, 0.25) is 0 Å². The molecule has 5 heteroatoms. The molecule has 0 atom stereocenters. The number of ether oxygens (including phenoxy) is 1. The van der Waals surface area contributed by atoms with E-state index in [-0.39, 0.29) is 0 Å². The predicted octanol–water partition coefficient (Wildman–Crippen LogP) is 3.76. The molecule has 0 amide bonds. The Morgan fingerprint density at radius 2 is 1.43 bits per heavy atom. The van der Waals surface area contributed by atoms with Crippen LogP contribution in [0.25, 0.3) is 17.1 Å². The lowest BCUT2D eigenvalue weighted by Gasteiger charge is -2.10. The fourth-order valence-electron chi connectivity index (χ4n) is 3.18. The lowest BCUT2D eigenvalue weighted by molar-refractivity contribution is -0.674. The van der Waals surface area contributed by atoms with Crippen molar-refractivity contribution < 1.29 is 18.0 Å². The van der Waals surface area contributed by atoms with Crippen molar-refractivity contribution in [3.05, 3.63) is 116 Å². The predicted molar refractivity (Wildman–Crippen MR) is 112 cm³/mol. The van der Waals surface area contributed by atoms with Crippen LogP contribution in [0.5, 0.6) is 11.5 Å². The van der Waals surface area contributed by atoms with Crippen LogP contribution in [0.3, 0.4) is 0 Å². The highest BCUT2D eigenvalue weighted by Crippen LogP contribution is 2.25. The summed E-state index contributed by atoms with van der Waals surface area (Å²) >= 11 is 0. The molecule has 0 saturated heterocycles. The van der Waals surface area contributed by atoms with Crippen LogP contribution in [-0.2, 0) is 6.98 Å². The number of aryl methyl sites for hydroxylation is 1. The third kappa shape index (κ3) is 3.73. The zero-order valence-electron chi connectivity index (χ0n) is 19.0. The lowest BCUT2D eigenvalue weighted by atomic mass is 10.2. The fraction of sp³-hybridized carbons (Fsp3) is 0.0400. The molecule has 146 valence electrons. The molecule has 0 aliphatic rings. The van der Waals surface area contributed by atoms with Gasteiger partial charge in [-0.25, -0.2) is 0 Å². The van der Waals surface area contributed by atoms with Gasteiger partial charge in [0.25, 0.3) is 6.33 Å². The molecule has 0 aliphatic carbocycles. The molecule has 5 rings (SSSR count). The molecule has 5 nitrogen and oxygen atoms in total. The molecular weight excluding hydrogens is 372 g/mol. The second kappa shape index (κ2) is 7.72. The molecule has 0 fully saturated rings. The van der Waals surface area contributed by atoms with Crippen LogP contribution < -0.4 is 13.9 Å². The Morgan fingerprint density at radius 3 is 2.10 bits per heavy atom. The smallest absolute Gasteiger partial charge is 0.268 e. The second-order valence-corrected chi connectivity index (χ2v) is 6.71. The minimum absolute atomic E-state index is 0.628. The maximum Gasteiger partial charge on any atom is 0.268 e. The maximum absolute atomic E-state index is 7.50. The summed E-state index contributed by atoms with van der Waals surface area (Å²) < 4.78 is 35.1. The number of imidazole rings is 2. The summed E-state index contributed by atoms with van der Waals surface area (Å²) in [5.74, 6) is 1.30. The summed E-state index contributed by atoms with van der Waals surface area (Å²) in [7, 11) is 0. The number of hydrogen-bond donors (Lipinski definition) is 0. The SMILES string of the molecule is [2H]C([2H])([2H])[n+]1[c-]n(-c2cccc(Oc3cccc(-n4[c-][n+](-c5ccccc5)cc4)c3)c2)cc1. The van der Waals surface area contributed by atoms with Gasteiger partial charge >= 0.3 is 0 Å². The summed E-state index contributed by atoms with van der Waals surface area (Å²) in [5, 5.41) is 0. The highest BCUT2D eigenvalue weighted by atomic mass is 16.5. The summed E-state index contributed by atoms with van der Waals surface area (Å²) in [5.41, 5.74) is 2.69. The van der Waals surface area contributed by atoms with Gasteiger partial charge in [0, 0.05) is 24.8 Å². The van der Waals surface area contributed by atoms with E-state index in [2.05, 4.69) is 12.7 Å². The highest BCUT2D eigenvalue weighted by molar-refractivity contribution is 5.44. The number of hydrogen-bond acceptors (Lipinski definition) is 1. The molecule has 0 bridgehead atoms. The number of aromatic nitrogens is 4. The number of para-hydroxylation sites is 1. The Kier molecular flexibility index (Phi) is 3.81. The van der Waals surface area contributed by atoms with E-state index in [0.717, 1.165) is 21.6 Å². The summed E-state index contributed by atoms with van der Waals surface area (Å²) in [6.07, 6.45) is 13.1. The minimum Gasteiger partial charge on any atom is -0.459 e. The first-order chi connectivity index (χ1) is 16.0. The molecular formula is C25H20N4O. The quantitative estimate of drug-likeness (QED) is 0.329. The van der Waals surface area contributed by atoms with Crippen molar-refractivity contribution in [3.63, 3.8) is 0 Å². The van der Waals surface area contributed by atoms with Gasteiger partial charge in [-0.3, -0.25) is 9.13 Å². The molecule has 2 aromatic heterocycles. The van der Waals surface area contributed by atoms with Crippen molar-refractivity contribution in [2.75, 3.05) is 0 Å². The van der Waals surface area contributed by atoms with Crippen molar-refractivity contribution in [1.82, 2.24) is 9.13 Å². The molecule has 2 heterocycles. The Labute approximate surface area is 179 Å². The van der Waals surface area contributed by atoms with Crippen molar-refractivity contribution in [2.24, 2.45) is 6.98 Å². The highest BCUT2D eigenvalue weighted by Gasteiger charge is 2.05. The van der Waals surface area contributed by atoms with E-state index in [0.29, 0.717) is 11.5 Å². The van der Waals surface area contributed by atoms with Gasteiger partial charge in [-0.1, -0.05) is 36.4 Å². The Balaban J connectivity index is 1.37. The monoisotopic (exact) mass is 395 g/mol. The topological polar surface area (TPSA) is 26.8 Å². The van der Waals surface area contributed by atoms with Gasteiger partial charge in [-0.2, -0.15) is 0 Å². The van der Waals surface area contributed by atoms with Gasteiger partial charge in [0.1, 0.15) is 11.5 Å². The van der Waals surface area contributed by atoms with Crippen LogP contribution in [-0.4, -0.2) is 9.13 Å². The lowest BCUT2D eigenvalue weighted by Crippen LogP contribution is -2.27. The zero-order chi connectivity index (χ0) is 22.8. The molecule has 30 heavy (non-hydrogen) atoms. The van der Waals surface area contributed by atoms with E-state index >= 15 is 0 Å². The van der Waals surface area contributed by atoms with Crippen LogP contribution in [0.15, 0.2) is 104 Å². The Bertz CT molecular complexity index is 1390. The Hall–Kier alpha value is -4.12. The van der Waals surface area contributed by atoms with E-state index in [4.69, 9.17) is 8.85 Å². The number of benzene rings is 3. The first kappa shape index (κ1) is 14.8. The standard InChI is InChI=1S/C25H20N4O/c1-26-13-14-27(19-26)22-9-5-11-24(17-22)30-25-12-6-10-23(18-25)29-16-15-28(20-29)21-7-3-2-4-8-21/h2-18H,1H3/i1D3. The first-order valence-corrected chi connectivity index (χ1v) is 9.45. The largest absolute Gasteiger partial charge is 0.459 e. The van der Waals surface area contributed by atoms with Gasteiger partial charge in [-0.15, -0.1) is 0 Å². The van der Waals surface area contributed by atoms with Gasteiger partial charge in [-0.05, 0) is 42.5 Å². The molecule has 3 aromatic carbocycles. The van der Waals surface area contributed by atoms with E-state index in [1.54, 1.807) is 10.8 Å². The summed E-state index contributed by atoms with van der Waals surface area (Å²) in [6.45, 7) is -2.27. The average Bonchev–Trinajstić information content (AvgIpc) is 3.51. The van der Waals surface area contributed by atoms with Gasteiger partial charge in [0.05, 0.1) is 28.2 Å². The molecule has 0 spiro atoms. The molecule has 0 unspecified atom stereocenters. The van der Waals surface area contributed by atoms with E-state index in [1.165, 1.54) is 6.20 Å². The molecule has 0 radical (unpaired) electrons. The van der Waals surface area contributed by atoms with Crippen LogP contribution >= 0.6 is 0 Å². The third-order valence-corrected chi connectivity index (χ3v) is 4.62. The normalized spacial score (nSPS) is 12.7. The molecule has 0 saturated carbocycles. The molecule has 0 aliphatic heterocycles. The van der Waals surface area contributed by atoms with Gasteiger partial charge in [0.15, 0.2) is 0 Å². The minimum atomic E-state index is -2.27. The summed E-state index contributed by atoms with van der Waals surface area (Å²) in [6, 6.07) is 25.1. The molecule has 0 N–H and O–H groups in total. The van der Waals surface area contributed by atoms with Crippen molar-refractivity contribution in [2.45, 2.75) is 0 Å². The Morgan fingerprint density at radius 1 is 0.767 bits per heavy atom. The van der Waals surface area contributed by atoms with Crippen LogP contribution in [0.4, 0.5) is 0 Å². The van der Waals surface area contributed by atoms with Crippen LogP contribution in [0.1, 0.15) is 4.11 Å². The second-order valence-electron chi connectivity index (χ2n) is 6.71. The van der Waals surface area contributed by atoms with E-state index < -0.39 is 6.98 Å². The third-order valence-electron chi connectivity index (χ3n) is 4.62. The van der Waals surface area contributed by atoms with Crippen LogP contribution in [0, 0.1) is 12.7 Å². The maximum atomic E-state index is 7.50. The summed E-state index contributed by atoms with van der Waals surface area (Å²) in [4.78, 5) is 0. The van der Waals surface area contributed by atoms with Crippen molar-refractivity contribution in [1.29, 1.82) is 0 Å². The van der Waals surface area contributed by atoms with Gasteiger partial charge < -0.3 is 13.9 Å². The van der Waals surface area contributed by atoms with E-state index in [1.807, 2.05) is 100 Å². The fourth-order valence-corrected chi connectivity index (χ4v) is 3.18. The molecule has 5 aromatic rings. The van der Waals surface area contributed by atoms with Crippen molar-refractivity contribution >= 4 is 0 Å². The zero-order valence-corrected chi connectivity index (χ0v) is 16.0. The number of nitrogens with zero attached hydrogens (tertiary/aromatic N) is 4. The van der Waals surface area contributed by atoms with E-state index in [9.17, 15) is 0 Å². The first-order valence-electron chi connectivity index (χ1n) is 10.9. The van der Waals surface area contributed by atoms with Gasteiger partial charge in [0.2, 0.25) is 6.33 Å². The van der Waals surface area contributed by atoms with Crippen molar-refractivity contribution in [3.8, 4) is 28.6 Å².